The molecule has 1 heterocycles. The Kier molecular flexibility index (Phi) is 3.30. The van der Waals surface area contributed by atoms with Crippen LogP contribution in [0.5, 0.6) is 11.5 Å². The lowest BCUT2D eigenvalue weighted by Crippen LogP contribution is -2.34. The van der Waals surface area contributed by atoms with E-state index < -0.39 is 14.6 Å². The Morgan fingerprint density at radius 2 is 1.89 bits per heavy atom. The molecule has 2 rings (SSSR count). The standard InChI is InChI=1S/C13H16O5S/c1-9(14)7-13(2,3)19(15,16)10-4-5-11-12(6-10)18-8-17-11/h4-6H,7-8H2,1-3H3. The smallest absolute Gasteiger partial charge is 0.231 e. The van der Waals surface area contributed by atoms with E-state index in [4.69, 9.17) is 9.47 Å². The van der Waals surface area contributed by atoms with Crippen molar-refractivity contribution in [3.8, 4) is 11.5 Å². The van der Waals surface area contributed by atoms with E-state index in [1.807, 2.05) is 0 Å². The van der Waals surface area contributed by atoms with Crippen molar-refractivity contribution in [1.82, 2.24) is 0 Å². The predicted octanol–water partition coefficient (Wildman–Crippen LogP) is 1.95. The summed E-state index contributed by atoms with van der Waals surface area (Å²) in [6.45, 7) is 4.58. The number of fused-ring (bicyclic) bond motifs is 1. The second kappa shape index (κ2) is 4.52. The number of sulfone groups is 1. The van der Waals surface area contributed by atoms with Gasteiger partial charge in [0.2, 0.25) is 6.79 Å². The van der Waals surface area contributed by atoms with Crippen molar-refractivity contribution in [2.75, 3.05) is 6.79 Å². The lowest BCUT2D eigenvalue weighted by Gasteiger charge is -2.23. The zero-order valence-electron chi connectivity index (χ0n) is 11.1. The van der Waals surface area contributed by atoms with Crippen molar-refractivity contribution < 1.29 is 22.7 Å². The maximum atomic E-state index is 12.5. The Hall–Kier alpha value is -1.56. The van der Waals surface area contributed by atoms with E-state index in [0.29, 0.717) is 11.5 Å². The molecule has 6 heteroatoms. The fraction of sp³-hybridized carbons (Fsp3) is 0.462. The van der Waals surface area contributed by atoms with Crippen molar-refractivity contribution >= 4 is 15.6 Å². The van der Waals surface area contributed by atoms with Crippen molar-refractivity contribution in [2.24, 2.45) is 0 Å². The molecule has 0 unspecified atom stereocenters. The Labute approximate surface area is 112 Å². The zero-order valence-corrected chi connectivity index (χ0v) is 11.9. The fourth-order valence-electron chi connectivity index (χ4n) is 2.06. The molecule has 0 aliphatic carbocycles. The van der Waals surface area contributed by atoms with Gasteiger partial charge in [0.15, 0.2) is 21.3 Å². The third kappa shape index (κ3) is 2.45. The van der Waals surface area contributed by atoms with Gasteiger partial charge >= 0.3 is 0 Å². The van der Waals surface area contributed by atoms with Crippen LogP contribution in [0.25, 0.3) is 0 Å². The second-order valence-corrected chi connectivity index (χ2v) is 7.74. The number of Topliss-reactive ketones (excluding diaryl/α,β-unsaturated/α-hetero) is 1. The number of ketones is 1. The van der Waals surface area contributed by atoms with Crippen molar-refractivity contribution in [2.45, 2.75) is 36.8 Å². The minimum atomic E-state index is -3.61. The van der Waals surface area contributed by atoms with Crippen LogP contribution in [-0.4, -0.2) is 25.7 Å². The molecule has 1 aliphatic rings. The molecule has 104 valence electrons. The molecule has 19 heavy (non-hydrogen) atoms. The van der Waals surface area contributed by atoms with E-state index in [9.17, 15) is 13.2 Å². The van der Waals surface area contributed by atoms with Gasteiger partial charge < -0.3 is 9.47 Å². The molecule has 0 aromatic heterocycles. The molecule has 0 saturated carbocycles. The molecule has 1 aromatic carbocycles. The van der Waals surface area contributed by atoms with Crippen LogP contribution in [0.3, 0.4) is 0 Å². The molecule has 0 spiro atoms. The first-order chi connectivity index (χ1) is 8.74. The number of hydrogen-bond acceptors (Lipinski definition) is 5. The van der Waals surface area contributed by atoms with Crippen LogP contribution in [0.4, 0.5) is 0 Å². The van der Waals surface area contributed by atoms with E-state index in [2.05, 4.69) is 0 Å². The summed E-state index contributed by atoms with van der Waals surface area (Å²) in [4.78, 5) is 11.4. The fourth-order valence-corrected chi connectivity index (χ4v) is 3.60. The summed E-state index contributed by atoms with van der Waals surface area (Å²) >= 11 is 0. The van der Waals surface area contributed by atoms with Gasteiger partial charge in [0.25, 0.3) is 0 Å². The van der Waals surface area contributed by atoms with E-state index in [-0.39, 0.29) is 23.9 Å². The number of ether oxygens (including phenoxy) is 2. The Morgan fingerprint density at radius 3 is 2.53 bits per heavy atom. The van der Waals surface area contributed by atoms with Gasteiger partial charge in [0.05, 0.1) is 9.64 Å². The summed E-state index contributed by atoms with van der Waals surface area (Å²) in [5.41, 5.74) is 0. The molecule has 1 aromatic rings. The first kappa shape index (κ1) is 13.9. The van der Waals surface area contributed by atoms with Gasteiger partial charge in [-0.05, 0) is 32.9 Å². The number of carbonyl (C=O) groups is 1. The van der Waals surface area contributed by atoms with Crippen molar-refractivity contribution in [3.05, 3.63) is 18.2 Å². The topological polar surface area (TPSA) is 69.7 Å². The van der Waals surface area contributed by atoms with Crippen molar-refractivity contribution in [3.63, 3.8) is 0 Å². The van der Waals surface area contributed by atoms with Crippen LogP contribution in [0.2, 0.25) is 0 Å². The molecule has 0 N–H and O–H groups in total. The van der Waals surface area contributed by atoms with Crippen LogP contribution >= 0.6 is 0 Å². The van der Waals surface area contributed by atoms with Gasteiger partial charge in [-0.2, -0.15) is 0 Å². The van der Waals surface area contributed by atoms with Crippen LogP contribution in [0.15, 0.2) is 23.1 Å². The van der Waals surface area contributed by atoms with E-state index in [1.54, 1.807) is 19.9 Å². The monoisotopic (exact) mass is 284 g/mol. The van der Waals surface area contributed by atoms with Gasteiger partial charge in [-0.1, -0.05) is 0 Å². The zero-order chi connectivity index (χ0) is 14.3. The second-order valence-electron chi connectivity index (χ2n) is 5.16. The lowest BCUT2D eigenvalue weighted by atomic mass is 10.1. The van der Waals surface area contributed by atoms with Crippen LogP contribution in [-0.2, 0) is 14.6 Å². The minimum Gasteiger partial charge on any atom is -0.454 e. The molecule has 5 nitrogen and oxygen atoms in total. The van der Waals surface area contributed by atoms with Gasteiger partial charge in [-0.3, -0.25) is 4.79 Å². The summed E-state index contributed by atoms with van der Waals surface area (Å²) in [6.07, 6.45) is -0.0240. The highest BCUT2D eigenvalue weighted by atomic mass is 32.2. The maximum Gasteiger partial charge on any atom is 0.231 e. The number of benzene rings is 1. The summed E-state index contributed by atoms with van der Waals surface area (Å²) < 4.78 is 34.3. The van der Waals surface area contributed by atoms with Crippen LogP contribution in [0, 0.1) is 0 Å². The molecule has 0 fully saturated rings. The average Bonchev–Trinajstić information content (AvgIpc) is 2.73. The molecular weight excluding hydrogens is 268 g/mol. The summed E-state index contributed by atoms with van der Waals surface area (Å²) in [7, 11) is -3.61. The molecular formula is C13H16O5S. The number of rotatable bonds is 4. The van der Waals surface area contributed by atoms with Crippen LogP contribution < -0.4 is 9.47 Å². The Balaban J connectivity index is 2.42. The Morgan fingerprint density at radius 1 is 1.26 bits per heavy atom. The molecule has 0 amide bonds. The van der Waals surface area contributed by atoms with Crippen molar-refractivity contribution in [1.29, 1.82) is 0 Å². The largest absolute Gasteiger partial charge is 0.454 e. The minimum absolute atomic E-state index is 0.0240. The van der Waals surface area contributed by atoms with E-state index in [1.165, 1.54) is 19.1 Å². The summed E-state index contributed by atoms with van der Waals surface area (Å²) in [5.74, 6) is 0.789. The lowest BCUT2D eigenvalue weighted by molar-refractivity contribution is -0.117. The van der Waals surface area contributed by atoms with E-state index >= 15 is 0 Å². The van der Waals surface area contributed by atoms with Gasteiger partial charge in [0.1, 0.15) is 5.78 Å². The van der Waals surface area contributed by atoms with Gasteiger partial charge in [-0.25, -0.2) is 8.42 Å². The normalized spacial score (nSPS) is 14.5. The first-order valence-electron chi connectivity index (χ1n) is 5.88. The van der Waals surface area contributed by atoms with E-state index in [0.717, 1.165) is 0 Å². The summed E-state index contributed by atoms with van der Waals surface area (Å²) in [6, 6.07) is 4.49. The molecule has 0 radical (unpaired) electrons. The maximum absolute atomic E-state index is 12.5. The molecule has 0 bridgehead atoms. The highest BCUT2D eigenvalue weighted by Gasteiger charge is 2.37. The highest BCUT2D eigenvalue weighted by molar-refractivity contribution is 7.92. The highest BCUT2D eigenvalue weighted by Crippen LogP contribution is 2.37. The Bertz CT molecular complexity index is 616. The number of carbonyl (C=O) groups excluding carboxylic acids is 1. The predicted molar refractivity (Wildman–Crippen MR) is 69.1 cm³/mol. The van der Waals surface area contributed by atoms with Gasteiger partial charge in [-0.15, -0.1) is 0 Å². The number of hydrogen-bond donors (Lipinski definition) is 0. The third-order valence-electron chi connectivity index (χ3n) is 3.06. The third-order valence-corrected chi connectivity index (χ3v) is 5.53. The molecule has 0 atom stereocenters. The van der Waals surface area contributed by atoms with Gasteiger partial charge in [0, 0.05) is 12.5 Å². The summed E-state index contributed by atoms with van der Waals surface area (Å²) in [5, 5.41) is 0. The quantitative estimate of drug-likeness (QED) is 0.845. The molecule has 1 aliphatic heterocycles. The first-order valence-corrected chi connectivity index (χ1v) is 7.36. The SMILES string of the molecule is CC(=O)CC(C)(C)S(=O)(=O)c1ccc2c(c1)OCO2. The van der Waals surface area contributed by atoms with Crippen LogP contribution in [0.1, 0.15) is 27.2 Å². The molecule has 0 saturated heterocycles. The average molecular weight is 284 g/mol.